The van der Waals surface area contributed by atoms with Crippen LogP contribution in [0.1, 0.15) is 31.2 Å². The van der Waals surface area contributed by atoms with Gasteiger partial charge in [-0.25, -0.2) is 0 Å². The average Bonchev–Trinajstić information content (AvgIpc) is 2.70. The fourth-order valence-electron chi connectivity index (χ4n) is 3.35. The Kier molecular flexibility index (Phi) is 4.13. The van der Waals surface area contributed by atoms with Crippen molar-refractivity contribution >= 4 is 11.5 Å². The van der Waals surface area contributed by atoms with Crippen molar-refractivity contribution in [2.45, 2.75) is 38.1 Å². The second-order valence-electron chi connectivity index (χ2n) is 5.93. The highest BCUT2D eigenvalue weighted by molar-refractivity contribution is 5.63. The predicted octanol–water partition coefficient (Wildman–Crippen LogP) is 2.99. The monoisotopic (exact) mass is 284 g/mol. The lowest BCUT2D eigenvalue weighted by Gasteiger charge is -2.32. The van der Waals surface area contributed by atoms with Gasteiger partial charge in [-0.2, -0.15) is 5.10 Å². The van der Waals surface area contributed by atoms with Crippen LogP contribution in [0.5, 0.6) is 0 Å². The third-order valence-corrected chi connectivity index (χ3v) is 4.40. The van der Waals surface area contributed by atoms with Crippen molar-refractivity contribution < 1.29 is 0 Å². The maximum absolute atomic E-state index is 6.15. The quantitative estimate of drug-likeness (QED) is 0.942. The van der Waals surface area contributed by atoms with Crippen LogP contribution >= 0.6 is 0 Å². The summed E-state index contributed by atoms with van der Waals surface area (Å²) in [6, 6.07) is 11.3. The summed E-state index contributed by atoms with van der Waals surface area (Å²) in [5.41, 5.74) is 8.34. The zero-order chi connectivity index (χ0) is 14.7. The van der Waals surface area contributed by atoms with E-state index in [4.69, 9.17) is 5.73 Å². The summed E-state index contributed by atoms with van der Waals surface area (Å²) >= 11 is 0. The van der Waals surface area contributed by atoms with Gasteiger partial charge in [0.2, 0.25) is 0 Å². The normalized spacial score (nSPS) is 19.5. The lowest BCUT2D eigenvalue weighted by atomic mass is 10.0. The summed E-state index contributed by atoms with van der Waals surface area (Å²) < 4.78 is 1.92. The molecule has 1 fully saturated rings. The van der Waals surface area contributed by atoms with Gasteiger partial charge in [0.25, 0.3) is 0 Å². The van der Waals surface area contributed by atoms with Crippen molar-refractivity contribution in [3.05, 3.63) is 42.1 Å². The van der Waals surface area contributed by atoms with E-state index in [1.165, 1.54) is 31.2 Å². The first-order valence-electron chi connectivity index (χ1n) is 7.84. The molecule has 0 spiro atoms. The molecule has 2 aromatic rings. The molecule has 0 radical (unpaired) electrons. The molecule has 0 amide bonds. The number of aromatic nitrogens is 2. The zero-order valence-corrected chi connectivity index (χ0v) is 12.7. The number of nitrogens with zero attached hydrogens (tertiary/aromatic N) is 3. The topological polar surface area (TPSA) is 47.1 Å². The number of rotatable bonds is 3. The number of anilines is 2. The minimum absolute atomic E-state index is 0.507. The molecule has 0 aliphatic carbocycles. The molecule has 112 valence electrons. The van der Waals surface area contributed by atoms with Crippen LogP contribution in [-0.4, -0.2) is 22.4 Å². The molecule has 2 heterocycles. The lowest BCUT2D eigenvalue weighted by molar-refractivity contribution is 0.553. The Hall–Kier alpha value is -1.97. The van der Waals surface area contributed by atoms with Gasteiger partial charge < -0.3 is 10.6 Å². The second kappa shape index (κ2) is 6.20. The van der Waals surface area contributed by atoms with E-state index in [-0.39, 0.29) is 0 Å². The van der Waals surface area contributed by atoms with Crippen LogP contribution < -0.4 is 10.6 Å². The maximum atomic E-state index is 6.15. The summed E-state index contributed by atoms with van der Waals surface area (Å²) in [6.07, 6.45) is 7.89. The number of aryl methyl sites for hydroxylation is 1. The molecule has 1 aliphatic heterocycles. The lowest BCUT2D eigenvalue weighted by Crippen LogP contribution is -2.38. The van der Waals surface area contributed by atoms with Crippen molar-refractivity contribution in [1.82, 2.24) is 9.78 Å². The van der Waals surface area contributed by atoms with Crippen LogP contribution in [0.3, 0.4) is 0 Å². The van der Waals surface area contributed by atoms with Crippen LogP contribution in [0.2, 0.25) is 0 Å². The van der Waals surface area contributed by atoms with E-state index in [0.717, 1.165) is 24.5 Å². The number of hydrogen-bond donors (Lipinski definition) is 1. The van der Waals surface area contributed by atoms with Crippen molar-refractivity contribution in [2.24, 2.45) is 7.05 Å². The molecule has 3 rings (SSSR count). The summed E-state index contributed by atoms with van der Waals surface area (Å²) in [5.74, 6) is 1.08. The van der Waals surface area contributed by atoms with Gasteiger partial charge in [0.15, 0.2) is 0 Å². The molecule has 4 heteroatoms. The fourth-order valence-corrected chi connectivity index (χ4v) is 3.35. The molecule has 1 aromatic carbocycles. The third-order valence-electron chi connectivity index (χ3n) is 4.40. The molecule has 4 nitrogen and oxygen atoms in total. The van der Waals surface area contributed by atoms with Gasteiger partial charge in [0.05, 0.1) is 11.9 Å². The van der Waals surface area contributed by atoms with E-state index in [0.29, 0.717) is 6.04 Å². The van der Waals surface area contributed by atoms with Gasteiger partial charge in [-0.3, -0.25) is 4.68 Å². The molecule has 21 heavy (non-hydrogen) atoms. The van der Waals surface area contributed by atoms with Crippen molar-refractivity contribution in [3.8, 4) is 0 Å². The van der Waals surface area contributed by atoms with E-state index in [9.17, 15) is 0 Å². The Balaban J connectivity index is 1.87. The molecule has 1 atom stereocenters. The van der Waals surface area contributed by atoms with Crippen molar-refractivity contribution in [1.29, 1.82) is 0 Å². The van der Waals surface area contributed by atoms with Gasteiger partial charge in [0.1, 0.15) is 5.82 Å². The smallest absolute Gasteiger partial charge is 0.150 e. The molecule has 1 aromatic heterocycles. The fraction of sp³-hybridized carbons (Fsp3) is 0.471. The van der Waals surface area contributed by atoms with Crippen LogP contribution in [-0.2, 0) is 13.5 Å². The first-order chi connectivity index (χ1) is 10.3. The summed E-state index contributed by atoms with van der Waals surface area (Å²) in [5, 5.41) is 4.31. The highest BCUT2D eigenvalue weighted by Gasteiger charge is 2.25. The summed E-state index contributed by atoms with van der Waals surface area (Å²) in [7, 11) is 1.98. The molecule has 0 unspecified atom stereocenters. The number of nitrogens with two attached hydrogens (primary N) is 1. The molecule has 0 bridgehead atoms. The predicted molar refractivity (Wildman–Crippen MR) is 87.4 cm³/mol. The van der Waals surface area contributed by atoms with Gasteiger partial charge in [0, 0.05) is 19.6 Å². The SMILES string of the molecule is Cn1ncc(N)c1N1CCCCC[C@H]1Cc1ccccc1. The van der Waals surface area contributed by atoms with E-state index >= 15 is 0 Å². The Morgan fingerprint density at radius 3 is 2.71 bits per heavy atom. The number of nitrogen functional groups attached to an aromatic ring is 1. The van der Waals surface area contributed by atoms with E-state index in [1.54, 1.807) is 6.20 Å². The molecular formula is C17H24N4. The Bertz CT molecular complexity index is 556. The highest BCUT2D eigenvalue weighted by Crippen LogP contribution is 2.29. The molecular weight excluding hydrogens is 260 g/mol. The minimum Gasteiger partial charge on any atom is -0.394 e. The van der Waals surface area contributed by atoms with Crippen molar-refractivity contribution in [2.75, 3.05) is 17.2 Å². The summed E-state index contributed by atoms with van der Waals surface area (Å²) in [6.45, 7) is 1.07. The third kappa shape index (κ3) is 3.04. The van der Waals surface area contributed by atoms with Gasteiger partial charge >= 0.3 is 0 Å². The standard InChI is InChI=1S/C17H24N4/c1-20-17(16(18)13-19-20)21-11-7-3-6-10-15(21)12-14-8-4-2-5-9-14/h2,4-5,8-9,13,15H,3,6-7,10-12,18H2,1H3/t15-/m0/s1. The van der Waals surface area contributed by atoms with E-state index in [2.05, 4.69) is 40.3 Å². The van der Waals surface area contributed by atoms with Gasteiger partial charge in [-0.15, -0.1) is 0 Å². The van der Waals surface area contributed by atoms with E-state index in [1.807, 2.05) is 11.7 Å². The molecule has 0 saturated carbocycles. The summed E-state index contributed by atoms with van der Waals surface area (Å²) in [4.78, 5) is 2.47. The van der Waals surface area contributed by atoms with Crippen LogP contribution in [0.4, 0.5) is 11.5 Å². The van der Waals surface area contributed by atoms with Gasteiger partial charge in [-0.05, 0) is 24.8 Å². The number of hydrogen-bond acceptors (Lipinski definition) is 3. The van der Waals surface area contributed by atoms with Gasteiger partial charge in [-0.1, -0.05) is 43.2 Å². The second-order valence-corrected chi connectivity index (χ2v) is 5.93. The van der Waals surface area contributed by atoms with Crippen LogP contribution in [0, 0.1) is 0 Å². The van der Waals surface area contributed by atoms with Crippen molar-refractivity contribution in [3.63, 3.8) is 0 Å². The largest absolute Gasteiger partial charge is 0.394 e. The minimum atomic E-state index is 0.507. The molecule has 1 saturated heterocycles. The first kappa shape index (κ1) is 14.0. The Labute approximate surface area is 126 Å². The van der Waals surface area contributed by atoms with Crippen LogP contribution in [0.15, 0.2) is 36.5 Å². The average molecular weight is 284 g/mol. The molecule has 2 N–H and O–H groups in total. The molecule has 1 aliphatic rings. The highest BCUT2D eigenvalue weighted by atomic mass is 15.4. The maximum Gasteiger partial charge on any atom is 0.150 e. The Morgan fingerprint density at radius 1 is 1.19 bits per heavy atom. The van der Waals surface area contributed by atoms with E-state index < -0.39 is 0 Å². The zero-order valence-electron chi connectivity index (χ0n) is 12.7. The Morgan fingerprint density at radius 2 is 2.00 bits per heavy atom. The van der Waals surface area contributed by atoms with Crippen LogP contribution in [0.25, 0.3) is 0 Å². The first-order valence-corrected chi connectivity index (χ1v) is 7.84. The number of benzene rings is 1.